The first-order chi connectivity index (χ1) is 20.4. The van der Waals surface area contributed by atoms with E-state index in [9.17, 15) is 9.59 Å². The van der Waals surface area contributed by atoms with Crippen LogP contribution in [0, 0.1) is 0 Å². The zero-order chi connectivity index (χ0) is 28.8. The summed E-state index contributed by atoms with van der Waals surface area (Å²) in [7, 11) is 0. The van der Waals surface area contributed by atoms with Gasteiger partial charge in [0, 0.05) is 13.8 Å². The topological polar surface area (TPSA) is 52.6 Å². The third-order valence-electron chi connectivity index (χ3n) is 7.65. The van der Waals surface area contributed by atoms with Gasteiger partial charge in [-0.15, -0.1) is 0 Å². The average Bonchev–Trinajstić information content (AvgIpc) is 3.00. The van der Waals surface area contributed by atoms with E-state index in [0.717, 1.165) is 54.9 Å². The van der Waals surface area contributed by atoms with Crippen LogP contribution in [0.4, 0.5) is 0 Å². The molecule has 0 heterocycles. The molecule has 0 saturated carbocycles. The van der Waals surface area contributed by atoms with Gasteiger partial charge in [0.05, 0.1) is 0 Å². The van der Waals surface area contributed by atoms with E-state index in [1.54, 1.807) is 0 Å². The van der Waals surface area contributed by atoms with E-state index >= 15 is 0 Å². The van der Waals surface area contributed by atoms with E-state index in [4.69, 9.17) is 9.47 Å². The van der Waals surface area contributed by atoms with Gasteiger partial charge >= 0.3 is 11.9 Å². The summed E-state index contributed by atoms with van der Waals surface area (Å²) in [6, 6.07) is 41.3. The zero-order valence-corrected chi connectivity index (χ0v) is 23.2. The van der Waals surface area contributed by atoms with Crippen LogP contribution < -0.4 is 9.47 Å². The van der Waals surface area contributed by atoms with Crippen LogP contribution >= 0.6 is 0 Å². The lowest BCUT2D eigenvalue weighted by Gasteiger charge is -2.19. The molecule has 4 nitrogen and oxygen atoms in total. The molecule has 0 saturated heterocycles. The third-order valence-corrected chi connectivity index (χ3v) is 7.65. The maximum absolute atomic E-state index is 11.5. The molecule has 0 aliphatic rings. The van der Waals surface area contributed by atoms with E-state index in [1.165, 1.54) is 24.6 Å². The maximum Gasteiger partial charge on any atom is 0.308 e. The number of esters is 2. The fourth-order valence-electron chi connectivity index (χ4n) is 5.95. The molecular weight excluding hydrogens is 520 g/mol. The van der Waals surface area contributed by atoms with Crippen molar-refractivity contribution in [1.29, 1.82) is 0 Å². The molecule has 0 aliphatic heterocycles. The van der Waals surface area contributed by atoms with Crippen LogP contribution in [-0.2, 0) is 9.59 Å². The molecule has 0 N–H and O–H groups in total. The summed E-state index contributed by atoms with van der Waals surface area (Å²) in [6.07, 6.45) is 0. The molecule has 0 bridgehead atoms. The second-order valence-corrected chi connectivity index (χ2v) is 10.5. The quantitative estimate of drug-likeness (QED) is 0.123. The van der Waals surface area contributed by atoms with Gasteiger partial charge in [-0.3, -0.25) is 9.59 Å². The van der Waals surface area contributed by atoms with Crippen LogP contribution in [0.15, 0.2) is 121 Å². The molecule has 202 valence electrons. The Kier molecular flexibility index (Phi) is 6.17. The average molecular weight is 547 g/mol. The highest BCUT2D eigenvalue weighted by molar-refractivity contribution is 6.29. The predicted molar refractivity (Wildman–Crippen MR) is 169 cm³/mol. The molecule has 7 aromatic carbocycles. The molecule has 0 radical (unpaired) electrons. The Labute approximate surface area is 243 Å². The fourth-order valence-corrected chi connectivity index (χ4v) is 5.95. The Morgan fingerprint density at radius 2 is 0.929 bits per heavy atom. The molecule has 4 heteroatoms. The van der Waals surface area contributed by atoms with Crippen LogP contribution in [0.3, 0.4) is 0 Å². The van der Waals surface area contributed by atoms with Gasteiger partial charge in [0.2, 0.25) is 0 Å². The van der Waals surface area contributed by atoms with Crippen molar-refractivity contribution in [3.05, 3.63) is 121 Å². The lowest BCUT2D eigenvalue weighted by atomic mass is 9.84. The molecule has 0 spiro atoms. The van der Waals surface area contributed by atoms with Crippen molar-refractivity contribution >= 4 is 44.3 Å². The SMILES string of the molecule is CC(=O)Oc1ccc(-c2cc3cc(-c4ccccc4)cc4cc(-c5ccc(OC(C)=O)cc5)c5cccc2c5c34)cc1. The van der Waals surface area contributed by atoms with Gasteiger partial charge in [0.25, 0.3) is 0 Å². The number of rotatable bonds is 5. The standard InChI is InChI=1S/C38H26O4/c1-23(39)41-31-15-11-26(12-16-31)35-21-29-19-28(25-7-4-3-5-8-25)20-30-22-36(27-13-17-32(18-14-27)42-24(2)40)34-10-6-9-33(35)38(34)37(29)30/h3-22H,1-2H3. The monoisotopic (exact) mass is 546 g/mol. The first-order valence-corrected chi connectivity index (χ1v) is 13.8. The largest absolute Gasteiger partial charge is 0.427 e. The molecule has 0 aromatic heterocycles. The van der Waals surface area contributed by atoms with E-state index in [1.807, 2.05) is 54.6 Å². The second kappa shape index (κ2) is 10.2. The summed E-state index contributed by atoms with van der Waals surface area (Å²) in [5, 5.41) is 7.04. The highest BCUT2D eigenvalue weighted by atomic mass is 16.5. The summed E-state index contributed by atoms with van der Waals surface area (Å²) in [4.78, 5) is 23.0. The van der Waals surface area contributed by atoms with Crippen molar-refractivity contribution < 1.29 is 19.1 Å². The van der Waals surface area contributed by atoms with Crippen molar-refractivity contribution in [3.63, 3.8) is 0 Å². The molecule has 0 fully saturated rings. The number of carbonyl (C=O) groups is 2. The summed E-state index contributed by atoms with van der Waals surface area (Å²) < 4.78 is 10.6. The maximum atomic E-state index is 11.5. The van der Waals surface area contributed by atoms with Gasteiger partial charge < -0.3 is 9.47 Å². The molecule has 0 atom stereocenters. The Morgan fingerprint density at radius 1 is 0.452 bits per heavy atom. The van der Waals surface area contributed by atoms with Crippen LogP contribution in [-0.4, -0.2) is 11.9 Å². The summed E-state index contributed by atoms with van der Waals surface area (Å²) in [6.45, 7) is 2.81. The molecule has 0 aliphatic carbocycles. The van der Waals surface area contributed by atoms with Crippen molar-refractivity contribution in [1.82, 2.24) is 0 Å². The van der Waals surface area contributed by atoms with E-state index in [-0.39, 0.29) is 11.9 Å². The second-order valence-electron chi connectivity index (χ2n) is 10.5. The Hall–Kier alpha value is -5.48. The van der Waals surface area contributed by atoms with Gasteiger partial charge in [-0.05, 0) is 114 Å². The lowest BCUT2D eigenvalue weighted by Crippen LogP contribution is -2.01. The smallest absolute Gasteiger partial charge is 0.308 e. The lowest BCUT2D eigenvalue weighted by molar-refractivity contribution is -0.132. The van der Waals surface area contributed by atoms with Crippen LogP contribution in [0.2, 0.25) is 0 Å². The van der Waals surface area contributed by atoms with Crippen molar-refractivity contribution in [2.75, 3.05) is 0 Å². The number of carbonyl (C=O) groups excluding carboxylic acids is 2. The summed E-state index contributed by atoms with van der Waals surface area (Å²) in [5.41, 5.74) is 6.60. The summed E-state index contributed by atoms with van der Waals surface area (Å²) >= 11 is 0. The summed E-state index contributed by atoms with van der Waals surface area (Å²) in [5.74, 6) is 0.363. The van der Waals surface area contributed by atoms with Gasteiger partial charge in [0.15, 0.2) is 0 Å². The van der Waals surface area contributed by atoms with Crippen molar-refractivity contribution in [2.45, 2.75) is 13.8 Å². The zero-order valence-electron chi connectivity index (χ0n) is 23.2. The molecule has 42 heavy (non-hydrogen) atoms. The predicted octanol–water partition coefficient (Wildman–Crippen LogP) is 9.44. The minimum atomic E-state index is -0.341. The number of benzene rings is 7. The van der Waals surface area contributed by atoms with Gasteiger partial charge in [0.1, 0.15) is 11.5 Å². The molecule has 7 rings (SSSR count). The number of ether oxygens (including phenoxy) is 2. The number of hydrogen-bond acceptors (Lipinski definition) is 4. The number of hydrogen-bond donors (Lipinski definition) is 0. The highest BCUT2D eigenvalue weighted by Crippen LogP contribution is 2.45. The first kappa shape index (κ1) is 25.5. The Morgan fingerprint density at radius 3 is 1.38 bits per heavy atom. The fraction of sp³-hybridized carbons (Fsp3) is 0.0526. The van der Waals surface area contributed by atoms with Crippen LogP contribution in [0.5, 0.6) is 11.5 Å². The minimum absolute atomic E-state index is 0.341. The van der Waals surface area contributed by atoms with E-state index in [2.05, 4.69) is 66.7 Å². The Balaban J connectivity index is 1.52. The molecule has 7 aromatic rings. The normalized spacial score (nSPS) is 11.3. The van der Waals surface area contributed by atoms with Crippen molar-refractivity contribution in [2.24, 2.45) is 0 Å². The van der Waals surface area contributed by atoms with E-state index in [0.29, 0.717) is 11.5 Å². The molecule has 0 amide bonds. The van der Waals surface area contributed by atoms with Gasteiger partial charge in [-0.25, -0.2) is 0 Å². The van der Waals surface area contributed by atoms with E-state index < -0.39 is 0 Å². The highest BCUT2D eigenvalue weighted by Gasteiger charge is 2.18. The van der Waals surface area contributed by atoms with Gasteiger partial charge in [-0.2, -0.15) is 0 Å². The Bertz CT molecular complexity index is 1980. The van der Waals surface area contributed by atoms with Crippen LogP contribution in [0.25, 0.3) is 65.7 Å². The van der Waals surface area contributed by atoms with Crippen LogP contribution in [0.1, 0.15) is 13.8 Å². The molecule has 0 unspecified atom stereocenters. The molecular formula is C38H26O4. The third kappa shape index (κ3) is 4.53. The van der Waals surface area contributed by atoms with Gasteiger partial charge in [-0.1, -0.05) is 72.8 Å². The van der Waals surface area contributed by atoms with Crippen molar-refractivity contribution in [3.8, 4) is 44.9 Å². The minimum Gasteiger partial charge on any atom is -0.427 e. The first-order valence-electron chi connectivity index (χ1n) is 13.8.